The Bertz CT molecular complexity index is 814. The van der Waals surface area contributed by atoms with Crippen LogP contribution in [0, 0.1) is 17.8 Å². The van der Waals surface area contributed by atoms with E-state index in [1.807, 2.05) is 6.07 Å². The topological polar surface area (TPSA) is 0 Å². The van der Waals surface area contributed by atoms with E-state index in [0.717, 1.165) is 17.0 Å². The number of hydrogen-bond donors (Lipinski definition) is 0. The number of aryl methyl sites for hydroxylation is 2. The summed E-state index contributed by atoms with van der Waals surface area (Å²) < 4.78 is 0. The zero-order valence-electron chi connectivity index (χ0n) is 18.1. The highest BCUT2D eigenvalue weighted by Gasteiger charge is 2.21. The van der Waals surface area contributed by atoms with Crippen molar-refractivity contribution in [3.05, 3.63) is 69.7 Å². The lowest BCUT2D eigenvalue weighted by atomic mass is 9.78. The minimum atomic E-state index is 0.522. The number of rotatable bonds is 7. The van der Waals surface area contributed by atoms with Crippen molar-refractivity contribution in [1.29, 1.82) is 0 Å². The molecule has 1 aliphatic carbocycles. The zero-order chi connectivity index (χ0) is 20.5. The highest BCUT2D eigenvalue weighted by atomic mass is 35.5. The van der Waals surface area contributed by atoms with Crippen molar-refractivity contribution in [1.82, 2.24) is 0 Å². The van der Waals surface area contributed by atoms with E-state index in [1.165, 1.54) is 74.5 Å². The maximum Gasteiger partial charge on any atom is 0.0450 e. The van der Waals surface area contributed by atoms with Crippen LogP contribution >= 0.6 is 11.6 Å². The van der Waals surface area contributed by atoms with Gasteiger partial charge in [0, 0.05) is 16.5 Å². The molecule has 0 unspecified atom stereocenters. The van der Waals surface area contributed by atoms with Gasteiger partial charge in [0.1, 0.15) is 0 Å². The lowest BCUT2D eigenvalue weighted by molar-refractivity contribution is 0.384. The fraction of sp³-hybridized carbons (Fsp3) is 0.500. The van der Waals surface area contributed by atoms with Gasteiger partial charge in [-0.25, -0.2) is 0 Å². The minimum absolute atomic E-state index is 0.522. The summed E-state index contributed by atoms with van der Waals surface area (Å²) in [6, 6.07) is 15.7. The lowest BCUT2D eigenvalue weighted by Gasteiger charge is -2.26. The van der Waals surface area contributed by atoms with Crippen LogP contribution in [0.2, 0.25) is 5.02 Å². The Morgan fingerprint density at radius 2 is 1.55 bits per heavy atom. The zero-order valence-corrected chi connectivity index (χ0v) is 18.9. The predicted molar refractivity (Wildman–Crippen MR) is 127 cm³/mol. The first-order valence-corrected chi connectivity index (χ1v) is 12.0. The van der Waals surface area contributed by atoms with E-state index in [-0.39, 0.29) is 0 Å². The molecule has 3 rings (SSSR count). The Morgan fingerprint density at radius 1 is 0.862 bits per heavy atom. The second-order valence-electron chi connectivity index (χ2n) is 8.57. The van der Waals surface area contributed by atoms with Crippen LogP contribution in [0.25, 0.3) is 0 Å². The van der Waals surface area contributed by atoms with Crippen LogP contribution in [0.15, 0.2) is 42.5 Å². The molecule has 0 nitrogen and oxygen atoms in total. The molecule has 2 aromatic rings. The van der Waals surface area contributed by atoms with E-state index in [1.54, 1.807) is 0 Å². The van der Waals surface area contributed by atoms with Gasteiger partial charge >= 0.3 is 0 Å². The molecule has 1 fully saturated rings. The Morgan fingerprint density at radius 3 is 2.21 bits per heavy atom. The van der Waals surface area contributed by atoms with Crippen LogP contribution in [-0.2, 0) is 12.8 Å². The number of benzene rings is 2. The summed E-state index contributed by atoms with van der Waals surface area (Å²) >= 11 is 6.44. The monoisotopic (exact) mass is 406 g/mol. The van der Waals surface area contributed by atoms with Crippen molar-refractivity contribution in [2.75, 3.05) is 0 Å². The van der Waals surface area contributed by atoms with Crippen LogP contribution in [0.4, 0.5) is 0 Å². The summed E-state index contributed by atoms with van der Waals surface area (Å²) in [7, 11) is 0. The van der Waals surface area contributed by atoms with Gasteiger partial charge in [0.2, 0.25) is 0 Å². The maximum absolute atomic E-state index is 6.44. The van der Waals surface area contributed by atoms with Gasteiger partial charge in [-0.05, 0) is 86.1 Å². The molecule has 0 aliphatic heterocycles. The van der Waals surface area contributed by atoms with Crippen LogP contribution in [0.3, 0.4) is 0 Å². The fourth-order valence-electron chi connectivity index (χ4n) is 4.29. The van der Waals surface area contributed by atoms with Crippen molar-refractivity contribution >= 4 is 11.6 Å². The molecule has 154 valence electrons. The SMILES string of the molecule is CCCCc1ccc([C@H]2CC[C@H](C#Cc3ccc(CCCC)c(Cl)c3)CC2)cc1. The Labute approximate surface area is 183 Å². The molecule has 0 radical (unpaired) electrons. The van der Waals surface area contributed by atoms with Crippen molar-refractivity contribution in [2.45, 2.75) is 84.0 Å². The number of hydrogen-bond acceptors (Lipinski definition) is 0. The molecule has 0 bridgehead atoms. The third kappa shape index (κ3) is 6.65. The Kier molecular flexibility index (Phi) is 8.69. The highest BCUT2D eigenvalue weighted by Crippen LogP contribution is 2.35. The standard InChI is InChI=1S/C28H35Cl/c1-3-5-7-22-11-16-25(17-12-22)26-18-13-23(14-19-26)9-10-24-15-20-27(8-6-4-2)28(29)21-24/h11-12,15-17,20-21,23,26H,3-8,13-14,18-19H2,1-2H3/t23-,26-. The van der Waals surface area contributed by atoms with Crippen molar-refractivity contribution in [2.24, 2.45) is 5.92 Å². The fourth-order valence-corrected chi connectivity index (χ4v) is 4.56. The number of unbranched alkanes of at least 4 members (excludes halogenated alkanes) is 2. The summed E-state index contributed by atoms with van der Waals surface area (Å²) in [5.41, 5.74) is 5.31. The molecular formula is C28H35Cl. The average molecular weight is 407 g/mol. The van der Waals surface area contributed by atoms with E-state index < -0.39 is 0 Å². The molecule has 0 N–H and O–H groups in total. The molecule has 0 atom stereocenters. The van der Waals surface area contributed by atoms with Gasteiger partial charge in [-0.15, -0.1) is 0 Å². The lowest BCUT2D eigenvalue weighted by Crippen LogP contribution is -2.12. The van der Waals surface area contributed by atoms with E-state index in [4.69, 9.17) is 11.6 Å². The normalized spacial score (nSPS) is 18.9. The van der Waals surface area contributed by atoms with E-state index >= 15 is 0 Å². The van der Waals surface area contributed by atoms with Gasteiger partial charge in [0.05, 0.1) is 0 Å². The van der Waals surface area contributed by atoms with Crippen molar-refractivity contribution in [3.63, 3.8) is 0 Å². The van der Waals surface area contributed by atoms with Gasteiger partial charge in [-0.1, -0.05) is 80.5 Å². The Hall–Kier alpha value is -1.71. The van der Waals surface area contributed by atoms with Crippen LogP contribution in [-0.4, -0.2) is 0 Å². The van der Waals surface area contributed by atoms with Gasteiger partial charge in [-0.3, -0.25) is 0 Å². The van der Waals surface area contributed by atoms with E-state index in [0.29, 0.717) is 11.8 Å². The second-order valence-corrected chi connectivity index (χ2v) is 8.98. The van der Waals surface area contributed by atoms with Gasteiger partial charge in [0.15, 0.2) is 0 Å². The second kappa shape index (κ2) is 11.5. The molecule has 0 amide bonds. The van der Waals surface area contributed by atoms with Crippen molar-refractivity contribution < 1.29 is 0 Å². The van der Waals surface area contributed by atoms with Crippen LogP contribution in [0.5, 0.6) is 0 Å². The minimum Gasteiger partial charge on any atom is -0.0945 e. The summed E-state index contributed by atoms with van der Waals surface area (Å²) in [5, 5.41) is 0.872. The first-order chi connectivity index (χ1) is 14.2. The van der Waals surface area contributed by atoms with Crippen molar-refractivity contribution in [3.8, 4) is 11.8 Å². The Balaban J connectivity index is 1.52. The maximum atomic E-state index is 6.44. The van der Waals surface area contributed by atoms with Gasteiger partial charge < -0.3 is 0 Å². The summed E-state index contributed by atoms with van der Waals surface area (Å²) in [6.07, 6.45) is 12.1. The van der Waals surface area contributed by atoms with Crippen LogP contribution < -0.4 is 0 Å². The molecule has 29 heavy (non-hydrogen) atoms. The van der Waals surface area contributed by atoms with E-state index in [9.17, 15) is 0 Å². The third-order valence-corrected chi connectivity index (χ3v) is 6.62. The third-order valence-electron chi connectivity index (χ3n) is 6.27. The molecule has 1 aliphatic rings. The molecule has 0 spiro atoms. The van der Waals surface area contributed by atoms with Gasteiger partial charge in [0.25, 0.3) is 0 Å². The quantitative estimate of drug-likeness (QED) is 0.405. The molecule has 0 heterocycles. The average Bonchev–Trinajstić information content (AvgIpc) is 2.76. The van der Waals surface area contributed by atoms with Crippen LogP contribution in [0.1, 0.15) is 93.4 Å². The molecule has 0 saturated heterocycles. The summed E-state index contributed by atoms with van der Waals surface area (Å²) in [4.78, 5) is 0. The number of halogens is 1. The largest absolute Gasteiger partial charge is 0.0945 e. The first kappa shape index (κ1) is 22.0. The van der Waals surface area contributed by atoms with E-state index in [2.05, 4.69) is 62.1 Å². The molecule has 2 aromatic carbocycles. The molecule has 1 saturated carbocycles. The summed E-state index contributed by atoms with van der Waals surface area (Å²) in [5.74, 6) is 8.14. The summed E-state index contributed by atoms with van der Waals surface area (Å²) in [6.45, 7) is 4.47. The molecule has 0 aromatic heterocycles. The predicted octanol–water partition coefficient (Wildman–Crippen LogP) is 8.35. The molecular weight excluding hydrogens is 372 g/mol. The molecule has 1 heteroatoms. The highest BCUT2D eigenvalue weighted by molar-refractivity contribution is 6.31. The van der Waals surface area contributed by atoms with Gasteiger partial charge in [-0.2, -0.15) is 0 Å². The first-order valence-electron chi connectivity index (χ1n) is 11.6. The smallest absolute Gasteiger partial charge is 0.0450 e.